The molecule has 1 saturated heterocycles. The van der Waals surface area contributed by atoms with Gasteiger partial charge in [-0.1, -0.05) is 0 Å². The molecule has 0 saturated carbocycles. The number of likely N-dealkylation sites (N-methyl/N-ethyl adjacent to an activating group) is 1. The van der Waals surface area contributed by atoms with Crippen LogP contribution in [0.3, 0.4) is 0 Å². The highest BCUT2D eigenvalue weighted by molar-refractivity contribution is 5.95. The Balaban J connectivity index is 2.15. The number of amides is 1. The van der Waals surface area contributed by atoms with Crippen LogP contribution in [0.5, 0.6) is 0 Å². The second-order valence-corrected chi connectivity index (χ2v) is 4.91. The van der Waals surface area contributed by atoms with Crippen molar-refractivity contribution in [3.05, 3.63) is 35.1 Å². The third kappa shape index (κ3) is 2.88. The van der Waals surface area contributed by atoms with Gasteiger partial charge in [-0.05, 0) is 50.7 Å². The fourth-order valence-corrected chi connectivity index (χ4v) is 2.29. The molecule has 1 aliphatic rings. The van der Waals surface area contributed by atoms with Crippen molar-refractivity contribution in [3.8, 4) is 0 Å². The molecule has 1 fully saturated rings. The topological polar surface area (TPSA) is 23.6 Å². The van der Waals surface area contributed by atoms with Gasteiger partial charge in [0.2, 0.25) is 0 Å². The number of nitrogens with zero attached hydrogens (tertiary/aromatic N) is 2. The largest absolute Gasteiger partial charge is 0.337 e. The Kier molecular flexibility index (Phi) is 3.97. The van der Waals surface area contributed by atoms with Crippen molar-refractivity contribution in [1.82, 2.24) is 9.80 Å². The first-order valence-electron chi connectivity index (χ1n) is 6.32. The van der Waals surface area contributed by atoms with Crippen molar-refractivity contribution >= 4 is 5.91 Å². The molecule has 0 N–H and O–H groups in total. The summed E-state index contributed by atoms with van der Waals surface area (Å²) < 4.78 is 13.0. The van der Waals surface area contributed by atoms with E-state index >= 15 is 0 Å². The lowest BCUT2D eigenvalue weighted by Gasteiger charge is -2.21. The maximum absolute atomic E-state index is 13.0. The van der Waals surface area contributed by atoms with Gasteiger partial charge in [0.15, 0.2) is 0 Å². The van der Waals surface area contributed by atoms with Crippen LogP contribution in [0.4, 0.5) is 4.39 Å². The fourth-order valence-electron chi connectivity index (χ4n) is 2.29. The average molecular weight is 250 g/mol. The minimum atomic E-state index is -0.292. The summed E-state index contributed by atoms with van der Waals surface area (Å²) in [5.74, 6) is -0.276. The van der Waals surface area contributed by atoms with E-state index in [4.69, 9.17) is 0 Å². The van der Waals surface area contributed by atoms with E-state index in [2.05, 4.69) is 11.9 Å². The molecule has 1 amide bonds. The van der Waals surface area contributed by atoms with Crippen LogP contribution < -0.4 is 0 Å². The molecule has 0 aliphatic carbocycles. The minimum Gasteiger partial charge on any atom is -0.337 e. The average Bonchev–Trinajstić information content (AvgIpc) is 2.53. The molecule has 2 rings (SSSR count). The van der Waals surface area contributed by atoms with E-state index in [0.717, 1.165) is 32.6 Å². The van der Waals surface area contributed by atoms with Crippen molar-refractivity contribution in [2.24, 2.45) is 0 Å². The van der Waals surface area contributed by atoms with E-state index in [1.165, 1.54) is 12.1 Å². The van der Waals surface area contributed by atoms with E-state index < -0.39 is 0 Å². The van der Waals surface area contributed by atoms with Crippen LogP contribution in [-0.2, 0) is 0 Å². The second-order valence-electron chi connectivity index (χ2n) is 4.91. The molecule has 0 spiro atoms. The number of carbonyl (C=O) groups excluding carboxylic acids is 1. The third-order valence-electron chi connectivity index (χ3n) is 3.43. The highest BCUT2D eigenvalue weighted by atomic mass is 19.1. The standard InChI is InChI=1S/C14H19FN2O/c1-11-10-12(15)4-5-13(11)14(18)17-7-3-6-16(2)8-9-17/h4-5,10H,3,6-9H2,1-2H3. The first-order chi connectivity index (χ1) is 8.58. The van der Waals surface area contributed by atoms with Gasteiger partial charge < -0.3 is 9.80 Å². The van der Waals surface area contributed by atoms with Gasteiger partial charge in [0.25, 0.3) is 5.91 Å². The normalized spacial score (nSPS) is 17.6. The van der Waals surface area contributed by atoms with Crippen LogP contribution in [0, 0.1) is 12.7 Å². The maximum atomic E-state index is 13.0. The van der Waals surface area contributed by atoms with Crippen LogP contribution in [-0.4, -0.2) is 48.9 Å². The van der Waals surface area contributed by atoms with Gasteiger partial charge >= 0.3 is 0 Å². The van der Waals surface area contributed by atoms with E-state index in [-0.39, 0.29) is 11.7 Å². The Morgan fingerprint density at radius 3 is 2.72 bits per heavy atom. The smallest absolute Gasteiger partial charge is 0.254 e. The number of hydrogen-bond donors (Lipinski definition) is 0. The Hall–Kier alpha value is -1.42. The van der Waals surface area contributed by atoms with Gasteiger partial charge in [0.1, 0.15) is 5.82 Å². The summed E-state index contributed by atoms with van der Waals surface area (Å²) in [6, 6.07) is 4.35. The lowest BCUT2D eigenvalue weighted by molar-refractivity contribution is 0.0762. The molecule has 0 bridgehead atoms. The molecule has 1 aromatic rings. The zero-order chi connectivity index (χ0) is 13.1. The molecule has 1 aromatic carbocycles. The van der Waals surface area contributed by atoms with E-state index in [0.29, 0.717) is 11.1 Å². The molecule has 0 radical (unpaired) electrons. The van der Waals surface area contributed by atoms with Crippen LogP contribution in [0.15, 0.2) is 18.2 Å². The van der Waals surface area contributed by atoms with Gasteiger partial charge in [-0.25, -0.2) is 4.39 Å². The summed E-state index contributed by atoms with van der Waals surface area (Å²) in [5.41, 5.74) is 1.32. The lowest BCUT2D eigenvalue weighted by atomic mass is 10.1. The molecule has 1 heterocycles. The number of aryl methyl sites for hydroxylation is 1. The molecule has 0 aromatic heterocycles. The number of hydrogen-bond acceptors (Lipinski definition) is 2. The van der Waals surface area contributed by atoms with Crippen molar-refractivity contribution < 1.29 is 9.18 Å². The first kappa shape index (κ1) is 13.0. The first-order valence-corrected chi connectivity index (χ1v) is 6.32. The van der Waals surface area contributed by atoms with Crippen molar-refractivity contribution in [2.45, 2.75) is 13.3 Å². The summed E-state index contributed by atoms with van der Waals surface area (Å²) in [4.78, 5) is 16.5. The Morgan fingerprint density at radius 1 is 1.22 bits per heavy atom. The number of benzene rings is 1. The molecule has 18 heavy (non-hydrogen) atoms. The molecule has 3 nitrogen and oxygen atoms in total. The van der Waals surface area contributed by atoms with Gasteiger partial charge in [-0.15, -0.1) is 0 Å². The molecule has 0 atom stereocenters. The van der Waals surface area contributed by atoms with Crippen LogP contribution >= 0.6 is 0 Å². The van der Waals surface area contributed by atoms with E-state index in [1.54, 1.807) is 13.0 Å². The van der Waals surface area contributed by atoms with Gasteiger partial charge in [0, 0.05) is 25.2 Å². The zero-order valence-electron chi connectivity index (χ0n) is 10.9. The van der Waals surface area contributed by atoms with Crippen LogP contribution in [0.2, 0.25) is 0 Å². The summed E-state index contributed by atoms with van der Waals surface area (Å²) in [5, 5.41) is 0. The molecular weight excluding hydrogens is 231 g/mol. The summed E-state index contributed by atoms with van der Waals surface area (Å²) in [6.07, 6.45) is 0.989. The zero-order valence-corrected chi connectivity index (χ0v) is 10.9. The number of rotatable bonds is 1. The molecule has 1 aliphatic heterocycles. The third-order valence-corrected chi connectivity index (χ3v) is 3.43. The highest BCUT2D eigenvalue weighted by Crippen LogP contribution is 2.14. The van der Waals surface area contributed by atoms with Crippen molar-refractivity contribution in [1.29, 1.82) is 0 Å². The number of halogens is 1. The Labute approximate surface area is 107 Å². The van der Waals surface area contributed by atoms with Crippen LogP contribution in [0.1, 0.15) is 22.3 Å². The molecule has 98 valence electrons. The van der Waals surface area contributed by atoms with Gasteiger partial charge in [-0.2, -0.15) is 0 Å². The minimum absolute atomic E-state index is 0.0165. The predicted octanol–water partition coefficient (Wildman–Crippen LogP) is 1.91. The summed E-state index contributed by atoms with van der Waals surface area (Å²) in [7, 11) is 2.07. The SMILES string of the molecule is Cc1cc(F)ccc1C(=O)N1CCCN(C)CC1. The fraction of sp³-hybridized carbons (Fsp3) is 0.500. The number of carbonyl (C=O) groups is 1. The quantitative estimate of drug-likeness (QED) is 0.760. The van der Waals surface area contributed by atoms with Crippen molar-refractivity contribution in [2.75, 3.05) is 33.2 Å². The highest BCUT2D eigenvalue weighted by Gasteiger charge is 2.20. The maximum Gasteiger partial charge on any atom is 0.254 e. The van der Waals surface area contributed by atoms with Crippen molar-refractivity contribution in [3.63, 3.8) is 0 Å². The van der Waals surface area contributed by atoms with Gasteiger partial charge in [0.05, 0.1) is 0 Å². The Morgan fingerprint density at radius 2 is 2.00 bits per heavy atom. The van der Waals surface area contributed by atoms with E-state index in [1.807, 2.05) is 4.90 Å². The second kappa shape index (κ2) is 5.48. The molecule has 0 unspecified atom stereocenters. The summed E-state index contributed by atoms with van der Waals surface area (Å²) >= 11 is 0. The molecule has 4 heteroatoms. The molecular formula is C14H19FN2O. The predicted molar refractivity (Wildman–Crippen MR) is 69.2 cm³/mol. The van der Waals surface area contributed by atoms with Crippen LogP contribution in [0.25, 0.3) is 0 Å². The lowest BCUT2D eigenvalue weighted by Crippen LogP contribution is -2.34. The summed E-state index contributed by atoms with van der Waals surface area (Å²) in [6.45, 7) is 5.21. The van der Waals surface area contributed by atoms with E-state index in [9.17, 15) is 9.18 Å². The monoisotopic (exact) mass is 250 g/mol. The Bertz CT molecular complexity index is 447. The van der Waals surface area contributed by atoms with Gasteiger partial charge in [-0.3, -0.25) is 4.79 Å².